The summed E-state index contributed by atoms with van der Waals surface area (Å²) in [6.45, 7) is 3.71. The van der Waals surface area contributed by atoms with Crippen LogP contribution in [0, 0.1) is 19.3 Å². The quantitative estimate of drug-likeness (QED) is 0.448. The van der Waals surface area contributed by atoms with Crippen LogP contribution in [0.2, 0.25) is 0 Å². The molecule has 2 rings (SSSR count). The zero-order valence-corrected chi connectivity index (χ0v) is 12.5. The second kappa shape index (κ2) is 6.01. The fourth-order valence-electron chi connectivity index (χ4n) is 2.48. The summed E-state index contributed by atoms with van der Waals surface area (Å²) in [5, 5.41) is 9.28. The molecule has 0 saturated heterocycles. The Hall–Kier alpha value is -2.63. The molecular formula is C16H18N2O4. The van der Waals surface area contributed by atoms with E-state index in [2.05, 4.69) is 10.9 Å². The highest BCUT2D eigenvalue weighted by Gasteiger charge is 2.46. The van der Waals surface area contributed by atoms with E-state index in [1.54, 1.807) is 31.2 Å². The van der Waals surface area contributed by atoms with Gasteiger partial charge in [0.05, 0.1) is 0 Å². The van der Waals surface area contributed by atoms with Crippen molar-refractivity contribution in [2.45, 2.75) is 26.7 Å². The minimum atomic E-state index is -1.53. The van der Waals surface area contributed by atoms with Crippen molar-refractivity contribution in [2.75, 3.05) is 0 Å². The Kier molecular flexibility index (Phi) is 4.30. The predicted octanol–water partition coefficient (Wildman–Crippen LogP) is 1.49. The van der Waals surface area contributed by atoms with Gasteiger partial charge in [-0.3, -0.25) is 25.2 Å². The maximum atomic E-state index is 12.1. The first-order valence-corrected chi connectivity index (χ1v) is 6.93. The van der Waals surface area contributed by atoms with E-state index in [1.165, 1.54) is 0 Å². The Balaban J connectivity index is 2.04. The third-order valence-corrected chi connectivity index (χ3v) is 3.86. The van der Waals surface area contributed by atoms with Gasteiger partial charge in [0.1, 0.15) is 0 Å². The lowest BCUT2D eigenvalue weighted by Gasteiger charge is -2.22. The van der Waals surface area contributed by atoms with Gasteiger partial charge in [0.2, 0.25) is 0 Å². The number of hydrogen-bond acceptors (Lipinski definition) is 3. The lowest BCUT2D eigenvalue weighted by atomic mass is 9.85. The molecule has 0 aromatic heterocycles. The van der Waals surface area contributed by atoms with Crippen LogP contribution in [0.15, 0.2) is 30.4 Å². The third-order valence-electron chi connectivity index (χ3n) is 3.86. The topological polar surface area (TPSA) is 95.5 Å². The second-order valence-electron chi connectivity index (χ2n) is 5.49. The lowest BCUT2D eigenvalue weighted by Crippen LogP contribution is -2.51. The fraction of sp³-hybridized carbons (Fsp3) is 0.312. The van der Waals surface area contributed by atoms with Crippen molar-refractivity contribution in [3.63, 3.8) is 0 Å². The molecule has 1 aliphatic carbocycles. The number of amides is 2. The number of allylic oxidation sites excluding steroid dienone is 2. The number of hydrazine groups is 1. The zero-order chi connectivity index (χ0) is 16.3. The lowest BCUT2D eigenvalue weighted by molar-refractivity contribution is -0.155. The summed E-state index contributed by atoms with van der Waals surface area (Å²) < 4.78 is 0. The van der Waals surface area contributed by atoms with Gasteiger partial charge in [-0.2, -0.15) is 0 Å². The summed E-state index contributed by atoms with van der Waals surface area (Å²) in [5.74, 6) is -2.39. The van der Waals surface area contributed by atoms with Gasteiger partial charge in [-0.25, -0.2) is 0 Å². The molecule has 2 amide bonds. The summed E-state index contributed by atoms with van der Waals surface area (Å²) in [7, 11) is 0. The van der Waals surface area contributed by atoms with Crippen LogP contribution in [0.3, 0.4) is 0 Å². The normalized spacial score (nSPS) is 15.4. The van der Waals surface area contributed by atoms with Gasteiger partial charge >= 0.3 is 5.97 Å². The molecule has 116 valence electrons. The van der Waals surface area contributed by atoms with Gasteiger partial charge in [0, 0.05) is 5.56 Å². The number of hydrogen-bond donors (Lipinski definition) is 3. The SMILES string of the molecule is Cc1ccc(C(=O)NNC(=O)C2(C(=O)O)CC=CC2)c(C)c1. The Labute approximate surface area is 128 Å². The van der Waals surface area contributed by atoms with Crippen molar-refractivity contribution in [3.05, 3.63) is 47.0 Å². The molecule has 0 aliphatic heterocycles. The minimum absolute atomic E-state index is 0.119. The number of benzene rings is 1. The van der Waals surface area contributed by atoms with Crippen LogP contribution in [-0.2, 0) is 9.59 Å². The number of carbonyl (C=O) groups excluding carboxylic acids is 2. The van der Waals surface area contributed by atoms with E-state index in [9.17, 15) is 19.5 Å². The van der Waals surface area contributed by atoms with Crippen molar-refractivity contribution >= 4 is 17.8 Å². The van der Waals surface area contributed by atoms with Gasteiger partial charge in [-0.05, 0) is 38.3 Å². The summed E-state index contributed by atoms with van der Waals surface area (Å²) >= 11 is 0. The molecule has 0 spiro atoms. The van der Waals surface area contributed by atoms with Crippen LogP contribution >= 0.6 is 0 Å². The first-order valence-electron chi connectivity index (χ1n) is 6.93. The number of rotatable bonds is 3. The number of aliphatic carboxylic acids is 1. The van der Waals surface area contributed by atoms with Crippen molar-refractivity contribution < 1.29 is 19.5 Å². The van der Waals surface area contributed by atoms with Crippen molar-refractivity contribution in [1.29, 1.82) is 0 Å². The average molecular weight is 302 g/mol. The van der Waals surface area contributed by atoms with E-state index in [0.717, 1.165) is 11.1 Å². The largest absolute Gasteiger partial charge is 0.480 e. The second-order valence-corrected chi connectivity index (χ2v) is 5.49. The van der Waals surface area contributed by atoms with Crippen LogP contribution < -0.4 is 10.9 Å². The molecule has 0 unspecified atom stereocenters. The van der Waals surface area contributed by atoms with E-state index >= 15 is 0 Å². The van der Waals surface area contributed by atoms with E-state index in [-0.39, 0.29) is 12.8 Å². The molecule has 1 aromatic carbocycles. The molecule has 6 heteroatoms. The van der Waals surface area contributed by atoms with Gasteiger partial charge < -0.3 is 5.11 Å². The number of aryl methyl sites for hydroxylation is 2. The van der Waals surface area contributed by atoms with E-state index in [1.807, 2.05) is 13.0 Å². The summed E-state index contributed by atoms with van der Waals surface area (Å²) in [4.78, 5) is 35.6. The van der Waals surface area contributed by atoms with Gasteiger partial charge in [-0.1, -0.05) is 29.8 Å². The van der Waals surface area contributed by atoms with E-state index < -0.39 is 23.2 Å². The highest BCUT2D eigenvalue weighted by molar-refractivity contribution is 6.04. The highest BCUT2D eigenvalue weighted by Crippen LogP contribution is 2.33. The van der Waals surface area contributed by atoms with Crippen molar-refractivity contribution in [1.82, 2.24) is 10.9 Å². The first kappa shape index (κ1) is 15.8. The van der Waals surface area contributed by atoms with E-state index in [4.69, 9.17) is 0 Å². The Bertz CT molecular complexity index is 656. The predicted molar refractivity (Wildman–Crippen MR) is 80.0 cm³/mol. The molecule has 0 atom stereocenters. The Morgan fingerprint density at radius 2 is 1.73 bits per heavy atom. The first-order chi connectivity index (χ1) is 10.4. The third kappa shape index (κ3) is 2.86. The standard InChI is InChI=1S/C16H18N2O4/c1-10-5-6-12(11(2)9-10)13(19)17-18-14(20)16(15(21)22)7-3-4-8-16/h3-6,9H,7-8H2,1-2H3,(H,17,19)(H,18,20)(H,21,22). The molecule has 0 saturated carbocycles. The van der Waals surface area contributed by atoms with Crippen molar-refractivity contribution in [3.8, 4) is 0 Å². The Morgan fingerprint density at radius 3 is 2.27 bits per heavy atom. The fourth-order valence-corrected chi connectivity index (χ4v) is 2.48. The van der Waals surface area contributed by atoms with Crippen LogP contribution in [0.4, 0.5) is 0 Å². The number of carboxylic acid groups (broad SMARTS) is 1. The average Bonchev–Trinajstić information content (AvgIpc) is 2.95. The molecule has 1 aromatic rings. The van der Waals surface area contributed by atoms with Crippen LogP contribution in [0.5, 0.6) is 0 Å². The molecular weight excluding hydrogens is 284 g/mol. The maximum absolute atomic E-state index is 12.1. The summed E-state index contributed by atoms with van der Waals surface area (Å²) in [6, 6.07) is 5.32. The van der Waals surface area contributed by atoms with Crippen LogP contribution in [-0.4, -0.2) is 22.9 Å². The zero-order valence-electron chi connectivity index (χ0n) is 12.5. The van der Waals surface area contributed by atoms with E-state index in [0.29, 0.717) is 5.56 Å². The molecule has 0 fully saturated rings. The number of carboxylic acids is 1. The number of nitrogens with one attached hydrogen (secondary N) is 2. The highest BCUT2D eigenvalue weighted by atomic mass is 16.4. The van der Waals surface area contributed by atoms with Gasteiger partial charge in [0.15, 0.2) is 5.41 Å². The molecule has 3 N–H and O–H groups in total. The summed E-state index contributed by atoms with van der Waals surface area (Å²) in [5.41, 5.74) is 5.22. The monoisotopic (exact) mass is 302 g/mol. The van der Waals surface area contributed by atoms with Gasteiger partial charge in [-0.15, -0.1) is 0 Å². The van der Waals surface area contributed by atoms with Crippen molar-refractivity contribution in [2.24, 2.45) is 5.41 Å². The molecule has 0 radical (unpaired) electrons. The minimum Gasteiger partial charge on any atom is -0.480 e. The van der Waals surface area contributed by atoms with Crippen LogP contribution in [0.1, 0.15) is 34.3 Å². The summed E-state index contributed by atoms with van der Waals surface area (Å²) in [6.07, 6.45) is 3.54. The number of carbonyl (C=O) groups is 3. The molecule has 0 heterocycles. The Morgan fingerprint density at radius 1 is 1.09 bits per heavy atom. The van der Waals surface area contributed by atoms with Crippen LogP contribution in [0.25, 0.3) is 0 Å². The molecule has 0 bridgehead atoms. The molecule has 22 heavy (non-hydrogen) atoms. The maximum Gasteiger partial charge on any atom is 0.319 e. The molecule has 1 aliphatic rings. The molecule has 6 nitrogen and oxygen atoms in total. The smallest absolute Gasteiger partial charge is 0.319 e. The van der Waals surface area contributed by atoms with Gasteiger partial charge in [0.25, 0.3) is 11.8 Å².